The van der Waals surface area contributed by atoms with Gasteiger partial charge in [-0.2, -0.15) is 0 Å². The summed E-state index contributed by atoms with van der Waals surface area (Å²) in [4.78, 5) is 27.4. The topological polar surface area (TPSA) is 68.4 Å². The molecule has 0 spiro atoms. The summed E-state index contributed by atoms with van der Waals surface area (Å²) in [6.45, 7) is 5.02. The van der Waals surface area contributed by atoms with Crippen molar-refractivity contribution in [3.05, 3.63) is 50.8 Å². The standard InChI is InChI=1S/C17H17Cl2NO4/c1-8-14(17(22)23-4)9(2)20-15(8)16(21)10(3)24-11-5-6-12(18)13(19)7-11/h5-7,10,20H,1-4H3/t10-/m1/s1. The molecule has 128 valence electrons. The number of halogens is 2. The van der Waals surface area contributed by atoms with Crippen LogP contribution in [0.4, 0.5) is 0 Å². The average molecular weight is 370 g/mol. The molecule has 2 aromatic rings. The summed E-state index contributed by atoms with van der Waals surface area (Å²) in [6.07, 6.45) is -0.774. The van der Waals surface area contributed by atoms with Crippen LogP contribution in [0.3, 0.4) is 0 Å². The van der Waals surface area contributed by atoms with E-state index in [1.165, 1.54) is 7.11 Å². The first-order valence-electron chi connectivity index (χ1n) is 7.19. The highest BCUT2D eigenvalue weighted by molar-refractivity contribution is 6.42. The first kappa shape index (κ1) is 18.4. The molecule has 0 unspecified atom stereocenters. The quantitative estimate of drug-likeness (QED) is 0.627. The van der Waals surface area contributed by atoms with E-state index in [4.69, 9.17) is 32.7 Å². The van der Waals surface area contributed by atoms with Crippen LogP contribution in [0.25, 0.3) is 0 Å². The third kappa shape index (κ3) is 3.57. The van der Waals surface area contributed by atoms with Crippen LogP contribution in [0, 0.1) is 13.8 Å². The molecule has 1 aromatic heterocycles. The summed E-state index contributed by atoms with van der Waals surface area (Å²) >= 11 is 11.8. The second kappa shape index (κ2) is 7.28. The van der Waals surface area contributed by atoms with Gasteiger partial charge >= 0.3 is 5.97 Å². The van der Waals surface area contributed by atoms with Crippen molar-refractivity contribution in [2.75, 3.05) is 7.11 Å². The Hall–Kier alpha value is -1.98. The molecule has 0 bridgehead atoms. The molecule has 2 rings (SSSR count). The van der Waals surface area contributed by atoms with E-state index in [0.29, 0.717) is 38.3 Å². The van der Waals surface area contributed by atoms with Crippen molar-refractivity contribution in [2.45, 2.75) is 26.9 Å². The van der Waals surface area contributed by atoms with Gasteiger partial charge in [-0.1, -0.05) is 23.2 Å². The zero-order chi connectivity index (χ0) is 18.0. The van der Waals surface area contributed by atoms with Crippen LogP contribution in [0.2, 0.25) is 10.0 Å². The van der Waals surface area contributed by atoms with Crippen molar-refractivity contribution >= 4 is 35.0 Å². The lowest BCUT2D eigenvalue weighted by Gasteiger charge is -2.14. The predicted octanol–water partition coefficient (Wildman–Crippen LogP) is 4.38. The first-order chi connectivity index (χ1) is 11.3. The maximum atomic E-state index is 12.6. The van der Waals surface area contributed by atoms with Crippen molar-refractivity contribution in [2.24, 2.45) is 0 Å². The number of nitrogens with one attached hydrogen (secondary N) is 1. The van der Waals surface area contributed by atoms with Crippen LogP contribution < -0.4 is 4.74 Å². The number of aromatic nitrogens is 1. The number of aromatic amines is 1. The van der Waals surface area contributed by atoms with Gasteiger partial charge in [-0.15, -0.1) is 0 Å². The Morgan fingerprint density at radius 3 is 2.42 bits per heavy atom. The summed E-state index contributed by atoms with van der Waals surface area (Å²) in [5.74, 6) is -0.338. The number of ether oxygens (including phenoxy) is 2. The number of carbonyl (C=O) groups excluding carboxylic acids is 2. The number of H-pyrrole nitrogens is 1. The Morgan fingerprint density at radius 1 is 1.17 bits per heavy atom. The van der Waals surface area contributed by atoms with E-state index in [0.717, 1.165) is 0 Å². The van der Waals surface area contributed by atoms with Gasteiger partial charge in [-0.05, 0) is 38.5 Å². The van der Waals surface area contributed by atoms with E-state index in [-0.39, 0.29) is 5.78 Å². The normalized spacial score (nSPS) is 11.9. The highest BCUT2D eigenvalue weighted by Crippen LogP contribution is 2.27. The molecule has 0 radical (unpaired) electrons. The lowest BCUT2D eigenvalue weighted by Crippen LogP contribution is -2.25. The molecule has 0 aliphatic rings. The molecule has 5 nitrogen and oxygen atoms in total. The highest BCUT2D eigenvalue weighted by atomic mass is 35.5. The number of hydrogen-bond donors (Lipinski definition) is 1. The minimum Gasteiger partial charge on any atom is -0.482 e. The maximum Gasteiger partial charge on any atom is 0.339 e. The fraction of sp³-hybridized carbons (Fsp3) is 0.294. The molecule has 0 fully saturated rings. The summed E-state index contributed by atoms with van der Waals surface area (Å²) < 4.78 is 10.4. The fourth-order valence-electron chi connectivity index (χ4n) is 2.42. The van der Waals surface area contributed by atoms with Crippen LogP contribution in [-0.2, 0) is 4.74 Å². The molecule has 0 aliphatic carbocycles. The number of methoxy groups -OCH3 is 1. The molecule has 0 aliphatic heterocycles. The molecule has 0 saturated carbocycles. The molecule has 7 heteroatoms. The number of hydrogen-bond acceptors (Lipinski definition) is 4. The fourth-order valence-corrected chi connectivity index (χ4v) is 2.70. The van der Waals surface area contributed by atoms with E-state index in [9.17, 15) is 9.59 Å². The van der Waals surface area contributed by atoms with E-state index >= 15 is 0 Å². The monoisotopic (exact) mass is 369 g/mol. The predicted molar refractivity (Wildman–Crippen MR) is 92.5 cm³/mol. The smallest absolute Gasteiger partial charge is 0.339 e. The van der Waals surface area contributed by atoms with Gasteiger partial charge in [0, 0.05) is 11.8 Å². The molecule has 0 amide bonds. The number of benzene rings is 1. The number of carbonyl (C=O) groups is 2. The van der Waals surface area contributed by atoms with Gasteiger partial charge in [0.2, 0.25) is 5.78 Å². The Kier molecular flexibility index (Phi) is 5.57. The molecule has 1 heterocycles. The summed E-state index contributed by atoms with van der Waals surface area (Å²) in [5.41, 5.74) is 1.79. The minimum absolute atomic E-state index is 0.281. The SMILES string of the molecule is COC(=O)c1c(C)[nH]c(C(=O)[C@@H](C)Oc2ccc(Cl)c(Cl)c2)c1C. The van der Waals surface area contributed by atoms with Crippen LogP contribution in [0.15, 0.2) is 18.2 Å². The van der Waals surface area contributed by atoms with Gasteiger partial charge in [-0.3, -0.25) is 4.79 Å². The third-order valence-electron chi connectivity index (χ3n) is 3.65. The van der Waals surface area contributed by atoms with Crippen LogP contribution in [0.1, 0.15) is 39.0 Å². The van der Waals surface area contributed by atoms with Crippen molar-refractivity contribution in [1.82, 2.24) is 4.98 Å². The lowest BCUT2D eigenvalue weighted by molar-refractivity contribution is 0.0599. The number of esters is 1. The Bertz CT molecular complexity index is 798. The van der Waals surface area contributed by atoms with Gasteiger partial charge in [0.1, 0.15) is 5.75 Å². The van der Waals surface area contributed by atoms with Crippen LogP contribution in [-0.4, -0.2) is 30.0 Å². The number of rotatable bonds is 5. The van der Waals surface area contributed by atoms with E-state index < -0.39 is 12.1 Å². The van der Waals surface area contributed by atoms with Crippen molar-refractivity contribution in [1.29, 1.82) is 0 Å². The second-order valence-corrected chi connectivity index (χ2v) is 6.13. The van der Waals surface area contributed by atoms with E-state index in [1.807, 2.05) is 0 Å². The lowest BCUT2D eigenvalue weighted by atomic mass is 10.1. The summed E-state index contributed by atoms with van der Waals surface area (Å²) in [5, 5.41) is 0.746. The van der Waals surface area contributed by atoms with Crippen molar-refractivity contribution in [3.63, 3.8) is 0 Å². The zero-order valence-corrected chi connectivity index (χ0v) is 15.2. The van der Waals surface area contributed by atoms with Gasteiger partial charge < -0.3 is 14.5 Å². The van der Waals surface area contributed by atoms with Crippen molar-refractivity contribution < 1.29 is 19.1 Å². The number of aryl methyl sites for hydroxylation is 1. The zero-order valence-electron chi connectivity index (χ0n) is 13.7. The Balaban J connectivity index is 2.25. The largest absolute Gasteiger partial charge is 0.482 e. The molecular weight excluding hydrogens is 353 g/mol. The molecule has 0 saturated heterocycles. The minimum atomic E-state index is -0.774. The highest BCUT2D eigenvalue weighted by Gasteiger charge is 2.26. The average Bonchev–Trinajstić information content (AvgIpc) is 2.84. The van der Waals surface area contributed by atoms with Gasteiger partial charge in [0.05, 0.1) is 28.4 Å². The molecule has 1 aromatic carbocycles. The van der Waals surface area contributed by atoms with Gasteiger partial charge in [0.25, 0.3) is 0 Å². The number of ketones is 1. The molecule has 24 heavy (non-hydrogen) atoms. The summed E-state index contributed by atoms with van der Waals surface area (Å²) in [6, 6.07) is 4.76. The Morgan fingerprint density at radius 2 is 1.83 bits per heavy atom. The first-order valence-corrected chi connectivity index (χ1v) is 7.95. The Labute approximate surface area is 149 Å². The van der Waals surface area contributed by atoms with E-state index in [1.54, 1.807) is 39.0 Å². The molecular formula is C17H17Cl2NO4. The summed E-state index contributed by atoms with van der Waals surface area (Å²) in [7, 11) is 1.30. The maximum absolute atomic E-state index is 12.6. The van der Waals surface area contributed by atoms with E-state index in [2.05, 4.69) is 4.98 Å². The number of Topliss-reactive ketones (excluding diaryl/α,β-unsaturated/α-hetero) is 1. The van der Waals surface area contributed by atoms with Crippen LogP contribution >= 0.6 is 23.2 Å². The van der Waals surface area contributed by atoms with Gasteiger partial charge in [0.15, 0.2) is 6.10 Å². The molecule has 1 atom stereocenters. The third-order valence-corrected chi connectivity index (χ3v) is 4.39. The second-order valence-electron chi connectivity index (χ2n) is 5.32. The van der Waals surface area contributed by atoms with Crippen molar-refractivity contribution in [3.8, 4) is 5.75 Å². The van der Waals surface area contributed by atoms with Gasteiger partial charge in [-0.25, -0.2) is 4.79 Å². The molecule has 1 N–H and O–H groups in total. The van der Waals surface area contributed by atoms with Crippen LogP contribution in [0.5, 0.6) is 5.75 Å².